The zero-order valence-corrected chi connectivity index (χ0v) is 6.51. The molecule has 0 spiro atoms. The first kappa shape index (κ1) is 6.68. The van der Waals surface area contributed by atoms with E-state index in [1.54, 1.807) is 0 Å². The maximum atomic E-state index is 5.57. The lowest BCUT2D eigenvalue weighted by Crippen LogP contribution is -1.81. The van der Waals surface area contributed by atoms with E-state index >= 15 is 0 Å². The quantitative estimate of drug-likeness (QED) is 0.593. The van der Waals surface area contributed by atoms with Crippen molar-refractivity contribution in [3.63, 3.8) is 0 Å². The maximum Gasteiger partial charge on any atom is 0.292 e. The van der Waals surface area contributed by atoms with Crippen molar-refractivity contribution in [2.45, 2.75) is 6.42 Å². The third-order valence-electron chi connectivity index (χ3n) is 1.51. The topological polar surface area (TPSA) is 26.0 Å². The first-order valence-electron chi connectivity index (χ1n) is 3.34. The highest BCUT2D eigenvalue weighted by molar-refractivity contribution is 6.27. The highest BCUT2D eigenvalue weighted by atomic mass is 35.5. The molecule has 1 aliphatic carbocycles. The second kappa shape index (κ2) is 2.55. The minimum absolute atomic E-state index is 0.218. The third-order valence-corrected chi connectivity index (χ3v) is 1.67. The Morgan fingerprint density at radius 2 is 2.36 bits per heavy atom. The van der Waals surface area contributed by atoms with E-state index in [-0.39, 0.29) is 5.35 Å². The van der Waals surface area contributed by atoms with Crippen molar-refractivity contribution in [1.82, 2.24) is 4.98 Å². The normalized spacial score (nSPS) is 14.6. The maximum absolute atomic E-state index is 5.57. The third kappa shape index (κ3) is 1.21. The summed E-state index contributed by atoms with van der Waals surface area (Å²) in [6, 6.07) is 0. The van der Waals surface area contributed by atoms with Gasteiger partial charge in [-0.3, -0.25) is 0 Å². The number of nitrogens with zero attached hydrogens (tertiary/aromatic N) is 1. The van der Waals surface area contributed by atoms with Crippen LogP contribution in [0.2, 0.25) is 5.35 Å². The molecule has 1 aliphatic rings. The molecule has 2 rings (SSSR count). The molecule has 0 N–H and O–H groups in total. The average molecular weight is 168 g/mol. The van der Waals surface area contributed by atoms with Crippen LogP contribution in [0, 0.1) is 0 Å². The van der Waals surface area contributed by atoms with Gasteiger partial charge in [-0.05, 0) is 17.7 Å². The monoisotopic (exact) mass is 167 g/mol. The summed E-state index contributed by atoms with van der Waals surface area (Å²) in [5.74, 6) is 0.764. The van der Waals surface area contributed by atoms with Crippen LogP contribution in [0.4, 0.5) is 0 Å². The van der Waals surface area contributed by atoms with Crippen molar-refractivity contribution in [3.05, 3.63) is 35.0 Å². The van der Waals surface area contributed by atoms with Gasteiger partial charge in [0.05, 0.1) is 5.69 Å². The number of fused-ring (bicyclic) bond motifs is 1. The molecule has 0 atom stereocenters. The Balaban J connectivity index is 2.51. The highest BCUT2D eigenvalue weighted by Crippen LogP contribution is 2.19. The van der Waals surface area contributed by atoms with E-state index in [1.165, 1.54) is 0 Å². The van der Waals surface area contributed by atoms with E-state index < -0.39 is 0 Å². The van der Waals surface area contributed by atoms with Gasteiger partial charge in [-0.25, -0.2) is 4.98 Å². The summed E-state index contributed by atoms with van der Waals surface area (Å²) in [7, 11) is 0. The Kier molecular flexibility index (Phi) is 1.55. The molecule has 56 valence electrons. The first-order chi connectivity index (χ1) is 5.36. The van der Waals surface area contributed by atoms with Crippen LogP contribution in [0.25, 0.3) is 6.08 Å². The van der Waals surface area contributed by atoms with Gasteiger partial charge in [0.1, 0.15) is 0 Å². The zero-order chi connectivity index (χ0) is 7.68. The van der Waals surface area contributed by atoms with Crippen molar-refractivity contribution in [1.29, 1.82) is 0 Å². The lowest BCUT2D eigenvalue weighted by Gasteiger charge is -1.85. The summed E-state index contributed by atoms with van der Waals surface area (Å²) in [5.41, 5.74) is 0.903. The standard InChI is InChI=1S/C8H6ClNO/c9-8-10-6-4-2-1-3-5-7(6)11-8/h1-3,5H,4H2. The molecule has 0 fully saturated rings. The first-order valence-corrected chi connectivity index (χ1v) is 3.72. The molecule has 1 heterocycles. The molecule has 0 aliphatic heterocycles. The summed E-state index contributed by atoms with van der Waals surface area (Å²) in [5, 5.41) is 0.218. The fourth-order valence-corrected chi connectivity index (χ4v) is 1.20. The Labute approximate surface area is 69.2 Å². The van der Waals surface area contributed by atoms with Crippen LogP contribution in [-0.4, -0.2) is 4.98 Å². The summed E-state index contributed by atoms with van der Waals surface area (Å²) < 4.78 is 5.11. The Morgan fingerprint density at radius 1 is 1.45 bits per heavy atom. The molecule has 2 nitrogen and oxygen atoms in total. The van der Waals surface area contributed by atoms with Crippen LogP contribution in [0.15, 0.2) is 22.6 Å². The SMILES string of the molecule is Clc1nc2c(o1)C=CC=CC2. The van der Waals surface area contributed by atoms with Gasteiger partial charge in [-0.2, -0.15) is 0 Å². The molecule has 0 amide bonds. The van der Waals surface area contributed by atoms with Gasteiger partial charge in [0, 0.05) is 6.42 Å². The Bertz CT molecular complexity index is 325. The minimum atomic E-state index is 0.218. The van der Waals surface area contributed by atoms with Gasteiger partial charge in [-0.1, -0.05) is 18.2 Å². The molecule has 0 bridgehead atoms. The van der Waals surface area contributed by atoms with Gasteiger partial charge in [0.2, 0.25) is 0 Å². The molecular weight excluding hydrogens is 162 g/mol. The van der Waals surface area contributed by atoms with Crippen molar-refractivity contribution in [3.8, 4) is 0 Å². The van der Waals surface area contributed by atoms with Gasteiger partial charge in [-0.15, -0.1) is 0 Å². The predicted octanol–water partition coefficient (Wildman–Crippen LogP) is 2.45. The zero-order valence-electron chi connectivity index (χ0n) is 5.75. The van der Waals surface area contributed by atoms with Crippen LogP contribution in [0.1, 0.15) is 11.5 Å². The molecule has 1 aromatic rings. The highest BCUT2D eigenvalue weighted by Gasteiger charge is 2.08. The number of oxazole rings is 1. The molecule has 0 saturated heterocycles. The average Bonchev–Trinajstić information content (AvgIpc) is 2.17. The Hall–Kier alpha value is -1.02. The van der Waals surface area contributed by atoms with E-state index in [1.807, 2.05) is 24.3 Å². The summed E-state index contributed by atoms with van der Waals surface area (Å²) in [6.07, 6.45) is 8.54. The second-order valence-electron chi connectivity index (χ2n) is 2.27. The van der Waals surface area contributed by atoms with Gasteiger partial charge in [0.15, 0.2) is 5.76 Å². The van der Waals surface area contributed by atoms with Crippen LogP contribution in [-0.2, 0) is 6.42 Å². The van der Waals surface area contributed by atoms with E-state index in [2.05, 4.69) is 4.98 Å². The van der Waals surface area contributed by atoms with Crippen molar-refractivity contribution in [2.75, 3.05) is 0 Å². The molecule has 3 heteroatoms. The van der Waals surface area contributed by atoms with Gasteiger partial charge in [0.25, 0.3) is 5.35 Å². The molecule has 0 unspecified atom stereocenters. The second-order valence-corrected chi connectivity index (χ2v) is 2.59. The Morgan fingerprint density at radius 3 is 3.27 bits per heavy atom. The minimum Gasteiger partial charge on any atom is -0.428 e. The van der Waals surface area contributed by atoms with Crippen LogP contribution in [0.3, 0.4) is 0 Å². The molecule has 11 heavy (non-hydrogen) atoms. The fraction of sp³-hybridized carbons (Fsp3) is 0.125. The fourth-order valence-electron chi connectivity index (χ4n) is 1.01. The number of aromatic nitrogens is 1. The molecule has 0 saturated carbocycles. The lowest BCUT2D eigenvalue weighted by atomic mass is 10.3. The molecule has 1 aromatic heterocycles. The predicted molar refractivity (Wildman–Crippen MR) is 43.4 cm³/mol. The van der Waals surface area contributed by atoms with Crippen molar-refractivity contribution < 1.29 is 4.42 Å². The summed E-state index contributed by atoms with van der Waals surface area (Å²) in [6.45, 7) is 0. The van der Waals surface area contributed by atoms with Crippen molar-refractivity contribution >= 4 is 17.7 Å². The van der Waals surface area contributed by atoms with Crippen molar-refractivity contribution in [2.24, 2.45) is 0 Å². The number of allylic oxidation sites excluding steroid dienone is 3. The lowest BCUT2D eigenvalue weighted by molar-refractivity contribution is 0.549. The number of hydrogen-bond acceptors (Lipinski definition) is 2. The van der Waals surface area contributed by atoms with E-state index in [0.29, 0.717) is 0 Å². The molecule has 0 radical (unpaired) electrons. The van der Waals surface area contributed by atoms with Crippen LogP contribution >= 0.6 is 11.6 Å². The largest absolute Gasteiger partial charge is 0.428 e. The van der Waals surface area contributed by atoms with Gasteiger partial charge >= 0.3 is 0 Å². The van der Waals surface area contributed by atoms with Crippen LogP contribution < -0.4 is 0 Å². The summed E-state index contributed by atoms with van der Waals surface area (Å²) >= 11 is 5.57. The molecular formula is C8H6ClNO. The number of halogens is 1. The summed E-state index contributed by atoms with van der Waals surface area (Å²) in [4.78, 5) is 4.01. The van der Waals surface area contributed by atoms with E-state index in [4.69, 9.17) is 16.0 Å². The van der Waals surface area contributed by atoms with Gasteiger partial charge < -0.3 is 4.42 Å². The van der Waals surface area contributed by atoms with Crippen LogP contribution in [0.5, 0.6) is 0 Å². The number of hydrogen-bond donors (Lipinski definition) is 0. The number of rotatable bonds is 0. The smallest absolute Gasteiger partial charge is 0.292 e. The van der Waals surface area contributed by atoms with E-state index in [9.17, 15) is 0 Å². The van der Waals surface area contributed by atoms with E-state index in [0.717, 1.165) is 17.9 Å². The molecule has 0 aromatic carbocycles.